The maximum atomic E-state index is 5.13. The topological polar surface area (TPSA) is 30.5 Å². The summed E-state index contributed by atoms with van der Waals surface area (Å²) in [6.07, 6.45) is 3.33. The Balaban J connectivity index is 3.97. The lowest BCUT2D eigenvalue weighted by atomic mass is 10.9. The predicted octanol–water partition coefficient (Wildman–Crippen LogP) is 2.37. The van der Waals surface area contributed by atoms with Crippen LogP contribution in [0.5, 0.6) is 0 Å². The molecule has 20 heavy (non-hydrogen) atoms. The second-order valence-corrected chi connectivity index (χ2v) is 8.34. The van der Waals surface area contributed by atoms with Gasteiger partial charge in [-0.25, -0.2) is 0 Å². The molecule has 0 saturated carbocycles. The fraction of sp³-hybridized carbons (Fsp3) is 0.400. The second-order valence-electron chi connectivity index (χ2n) is 3.72. The van der Waals surface area contributed by atoms with Gasteiger partial charge in [-0.2, -0.15) is 0 Å². The normalized spacial score (nSPS) is 10.0. The molecule has 2 N–H and O–H groups in total. The zero-order chi connectivity index (χ0) is 15.7. The maximum absolute atomic E-state index is 5.13. The summed E-state index contributed by atoms with van der Waals surface area (Å²) in [6, 6.07) is 0. The van der Waals surface area contributed by atoms with Crippen LogP contribution >= 0.6 is 72.4 Å². The molecule has 0 radical (unpaired) electrons. The van der Waals surface area contributed by atoms with E-state index in [1.807, 2.05) is 38.0 Å². The van der Waals surface area contributed by atoms with Gasteiger partial charge < -0.3 is 20.4 Å². The van der Waals surface area contributed by atoms with Crippen LogP contribution in [0.2, 0.25) is 0 Å². The van der Waals surface area contributed by atoms with Crippen LogP contribution in [-0.2, 0) is 0 Å². The highest BCUT2D eigenvalue weighted by Crippen LogP contribution is 2.08. The van der Waals surface area contributed by atoms with Crippen LogP contribution in [0, 0.1) is 0 Å². The number of nitrogens with zero attached hydrogens (tertiary/aromatic N) is 2. The van der Waals surface area contributed by atoms with Crippen molar-refractivity contribution >= 4 is 89.7 Å². The van der Waals surface area contributed by atoms with E-state index in [2.05, 4.69) is 10.6 Å². The molecule has 0 heterocycles. The van der Waals surface area contributed by atoms with Gasteiger partial charge in [0.15, 0.2) is 0 Å². The number of hydrogen-bond acceptors (Lipinski definition) is 6. The molecule has 0 unspecified atom stereocenters. The maximum Gasteiger partial charge on any atom is 0.144 e. The van der Waals surface area contributed by atoms with Gasteiger partial charge in [-0.3, -0.25) is 0 Å². The number of rotatable bonds is 2. The molecule has 0 fully saturated rings. The first-order chi connectivity index (χ1) is 9.23. The summed E-state index contributed by atoms with van der Waals surface area (Å²) in [7, 11) is 7.49. The molecular weight excluding hydrogens is 369 g/mol. The van der Waals surface area contributed by atoms with E-state index in [9.17, 15) is 0 Å². The molecule has 0 aliphatic carbocycles. The smallest absolute Gasteiger partial charge is 0.144 e. The van der Waals surface area contributed by atoms with Gasteiger partial charge in [-0.15, -0.1) is 0 Å². The van der Waals surface area contributed by atoms with Crippen LogP contribution in [0.25, 0.3) is 0 Å². The number of hydrogen-bond donors (Lipinski definition) is 2. The van der Waals surface area contributed by atoms with Crippen molar-refractivity contribution in [2.45, 2.75) is 0 Å². The molecule has 10 heteroatoms. The third-order valence-corrected chi connectivity index (χ3v) is 5.23. The van der Waals surface area contributed by atoms with Crippen molar-refractivity contribution in [1.82, 2.24) is 20.4 Å². The summed E-state index contributed by atoms with van der Waals surface area (Å²) >= 11 is 23.1. The molecule has 0 aromatic carbocycles. The van der Waals surface area contributed by atoms with Crippen molar-refractivity contribution in [1.29, 1.82) is 0 Å². The van der Waals surface area contributed by atoms with E-state index in [1.165, 1.54) is 23.5 Å². The minimum absolute atomic E-state index is 0.573. The van der Waals surface area contributed by atoms with Crippen LogP contribution < -0.4 is 10.6 Å². The van der Waals surface area contributed by atoms with Gasteiger partial charge in [0, 0.05) is 40.6 Å². The van der Waals surface area contributed by atoms with Crippen LogP contribution in [-0.4, -0.2) is 55.3 Å². The van der Waals surface area contributed by atoms with Crippen molar-refractivity contribution in [3.8, 4) is 0 Å². The third-order valence-electron chi connectivity index (χ3n) is 1.58. The largest absolute Gasteiger partial charge is 0.363 e. The molecule has 0 amide bonds. The summed E-state index contributed by atoms with van der Waals surface area (Å²) in [5, 5.41) is 5.85. The first kappa shape index (κ1) is 20.0. The van der Waals surface area contributed by atoms with Gasteiger partial charge in [0.25, 0.3) is 0 Å². The van der Waals surface area contributed by atoms with Gasteiger partial charge in [0.05, 0.1) is 0 Å². The van der Waals surface area contributed by atoms with E-state index in [0.29, 0.717) is 17.3 Å². The first-order valence-electron chi connectivity index (χ1n) is 5.28. The van der Waals surface area contributed by atoms with Gasteiger partial charge >= 0.3 is 0 Å². The van der Waals surface area contributed by atoms with Gasteiger partial charge in [0.2, 0.25) is 0 Å². The molecule has 0 saturated heterocycles. The monoisotopic (exact) mass is 384 g/mol. The summed E-state index contributed by atoms with van der Waals surface area (Å²) in [6.45, 7) is 0. The Kier molecular flexibility index (Phi) is 10.7. The molecule has 0 aliphatic heterocycles. The zero-order valence-electron chi connectivity index (χ0n) is 11.5. The quantitative estimate of drug-likeness (QED) is 0.692. The predicted molar refractivity (Wildman–Crippen MR) is 108 cm³/mol. The van der Waals surface area contributed by atoms with E-state index in [-0.39, 0.29) is 0 Å². The van der Waals surface area contributed by atoms with Crippen molar-refractivity contribution in [2.75, 3.05) is 28.2 Å². The number of thioether (sulfide) groups is 2. The zero-order valence-corrected chi connectivity index (χ0v) is 16.4. The average Bonchev–Trinajstić information content (AvgIpc) is 2.34. The highest BCUT2D eigenvalue weighted by molar-refractivity contribution is 8.38. The van der Waals surface area contributed by atoms with E-state index >= 15 is 0 Å². The van der Waals surface area contributed by atoms with Crippen LogP contribution in [0.4, 0.5) is 0 Å². The molecule has 0 atom stereocenters. The second kappa shape index (κ2) is 10.7. The van der Waals surface area contributed by atoms with Gasteiger partial charge in [-0.1, -0.05) is 48.9 Å². The van der Waals surface area contributed by atoms with E-state index in [1.54, 1.807) is 12.4 Å². The Morgan fingerprint density at radius 3 is 1.30 bits per heavy atom. The number of thiocarbonyl (C=S) groups is 4. The Hall–Kier alpha value is -0.000000000000000111. The molecule has 0 spiro atoms. The molecule has 0 aromatic heterocycles. The summed E-state index contributed by atoms with van der Waals surface area (Å²) in [4.78, 5) is 3.65. The fourth-order valence-electron chi connectivity index (χ4n) is 0.620. The molecule has 0 bridgehead atoms. The molecular formula is C10H16N4S6. The highest BCUT2D eigenvalue weighted by atomic mass is 32.2. The summed E-state index contributed by atoms with van der Waals surface area (Å²) in [5.41, 5.74) is 0. The van der Waals surface area contributed by atoms with Crippen molar-refractivity contribution < 1.29 is 0 Å². The summed E-state index contributed by atoms with van der Waals surface area (Å²) < 4.78 is 2.55. The molecule has 0 aromatic rings. The molecule has 4 nitrogen and oxygen atoms in total. The SMILES string of the molecule is CN(C)C(=S)SC(=S)NC=CNC(=S)SC(=S)N(C)C. The molecule has 0 rings (SSSR count). The minimum Gasteiger partial charge on any atom is -0.363 e. The Morgan fingerprint density at radius 1 is 0.750 bits per heavy atom. The van der Waals surface area contributed by atoms with E-state index < -0.39 is 0 Å². The lowest BCUT2D eigenvalue weighted by Crippen LogP contribution is -2.23. The van der Waals surface area contributed by atoms with Crippen LogP contribution in [0.1, 0.15) is 0 Å². The summed E-state index contributed by atoms with van der Waals surface area (Å²) in [5.74, 6) is 0. The Labute approximate surface area is 150 Å². The van der Waals surface area contributed by atoms with Crippen LogP contribution in [0.15, 0.2) is 12.4 Å². The fourth-order valence-corrected chi connectivity index (χ4v) is 2.98. The average molecular weight is 385 g/mol. The lowest BCUT2D eigenvalue weighted by molar-refractivity contribution is 0.648. The minimum atomic E-state index is 0.573. The van der Waals surface area contributed by atoms with Crippen molar-refractivity contribution in [3.05, 3.63) is 12.4 Å². The van der Waals surface area contributed by atoms with Gasteiger partial charge in [0.1, 0.15) is 17.3 Å². The lowest BCUT2D eigenvalue weighted by Gasteiger charge is -2.13. The molecule has 0 aliphatic rings. The Bertz CT molecular complexity index is 380. The standard InChI is InChI=1S/C10H16N4S6/c1-13(2)9(17)19-7(15)11-5-6-12-8(16)20-10(18)14(3)4/h5-6H,1-4H3,(H,11,15)(H,12,16). The highest BCUT2D eigenvalue weighted by Gasteiger charge is 2.04. The number of nitrogens with one attached hydrogen (secondary N) is 2. The Morgan fingerprint density at radius 2 is 1.05 bits per heavy atom. The van der Waals surface area contributed by atoms with E-state index in [0.717, 1.165) is 0 Å². The molecule has 112 valence electrons. The first-order valence-corrected chi connectivity index (χ1v) is 8.55. The van der Waals surface area contributed by atoms with Gasteiger partial charge in [-0.05, 0) is 23.5 Å². The van der Waals surface area contributed by atoms with Crippen molar-refractivity contribution in [3.63, 3.8) is 0 Å². The third kappa shape index (κ3) is 9.83. The van der Waals surface area contributed by atoms with E-state index in [4.69, 9.17) is 48.9 Å². The van der Waals surface area contributed by atoms with Crippen molar-refractivity contribution in [2.24, 2.45) is 0 Å². The van der Waals surface area contributed by atoms with Crippen LogP contribution in [0.3, 0.4) is 0 Å².